The third-order valence-corrected chi connectivity index (χ3v) is 4.38. The van der Waals surface area contributed by atoms with Crippen molar-refractivity contribution in [1.29, 1.82) is 0 Å². The van der Waals surface area contributed by atoms with Crippen LogP contribution in [-0.2, 0) is 9.59 Å². The van der Waals surface area contributed by atoms with Gasteiger partial charge in [-0.25, -0.2) is 0 Å². The summed E-state index contributed by atoms with van der Waals surface area (Å²) in [5, 5.41) is 19.6. The molecule has 0 rings (SSSR count). The van der Waals surface area contributed by atoms with E-state index in [1.54, 1.807) is 6.08 Å². The van der Waals surface area contributed by atoms with Gasteiger partial charge < -0.3 is 14.7 Å². The van der Waals surface area contributed by atoms with Crippen LogP contribution in [0.3, 0.4) is 0 Å². The van der Waals surface area contributed by atoms with Crippen molar-refractivity contribution in [3.05, 3.63) is 12.2 Å². The summed E-state index contributed by atoms with van der Waals surface area (Å²) in [7, 11) is 5.48. The van der Waals surface area contributed by atoms with E-state index in [0.29, 0.717) is 4.48 Å². The lowest BCUT2D eigenvalue weighted by atomic mass is 9.92. The third kappa shape index (κ3) is 13.1. The number of allylic oxidation sites excluding steroid dienone is 1. The van der Waals surface area contributed by atoms with Crippen LogP contribution >= 0.6 is 0 Å². The SMILES string of the molecule is CCCCCCCCCCC/C=C/C(=O)C(O)(CC(=O)O)C[N+](C)(C)C. The van der Waals surface area contributed by atoms with Gasteiger partial charge in [-0.15, -0.1) is 0 Å². The molecule has 5 heteroatoms. The van der Waals surface area contributed by atoms with Crippen LogP contribution in [0.2, 0.25) is 0 Å². The minimum atomic E-state index is -1.85. The number of aliphatic carboxylic acids is 1. The van der Waals surface area contributed by atoms with E-state index in [9.17, 15) is 14.7 Å². The topological polar surface area (TPSA) is 74.6 Å². The van der Waals surface area contributed by atoms with Gasteiger partial charge >= 0.3 is 5.97 Å². The van der Waals surface area contributed by atoms with E-state index in [-0.39, 0.29) is 6.54 Å². The Kier molecular flexibility index (Phi) is 12.4. The molecule has 0 saturated carbocycles. The highest BCUT2D eigenvalue weighted by molar-refractivity contribution is 5.99. The minimum Gasteiger partial charge on any atom is -0.481 e. The maximum atomic E-state index is 12.3. The zero-order chi connectivity index (χ0) is 20.1. The van der Waals surface area contributed by atoms with Gasteiger partial charge in [-0.05, 0) is 18.9 Å². The molecule has 0 spiro atoms. The normalized spacial score (nSPS) is 14.5. The molecule has 0 amide bonds. The van der Waals surface area contributed by atoms with Gasteiger partial charge in [0, 0.05) is 0 Å². The quantitative estimate of drug-likeness (QED) is 0.245. The first-order chi connectivity index (χ1) is 12.1. The minimum absolute atomic E-state index is 0.0699. The Morgan fingerprint density at radius 2 is 1.42 bits per heavy atom. The smallest absolute Gasteiger partial charge is 0.307 e. The van der Waals surface area contributed by atoms with Gasteiger partial charge in [0.15, 0.2) is 11.4 Å². The number of nitrogens with zero attached hydrogens (tertiary/aromatic N) is 1. The van der Waals surface area contributed by atoms with Crippen LogP contribution in [0.1, 0.15) is 77.6 Å². The van der Waals surface area contributed by atoms with Crippen molar-refractivity contribution < 1.29 is 24.3 Å². The van der Waals surface area contributed by atoms with E-state index in [0.717, 1.165) is 19.3 Å². The fourth-order valence-corrected chi connectivity index (χ4v) is 3.17. The van der Waals surface area contributed by atoms with Crippen molar-refractivity contribution >= 4 is 11.8 Å². The van der Waals surface area contributed by atoms with Gasteiger partial charge in [0.05, 0.1) is 27.6 Å². The summed E-state index contributed by atoms with van der Waals surface area (Å²) in [5.74, 6) is -1.68. The maximum absolute atomic E-state index is 12.3. The van der Waals surface area contributed by atoms with E-state index in [1.807, 2.05) is 21.1 Å². The molecule has 0 aromatic rings. The lowest BCUT2D eigenvalue weighted by Gasteiger charge is -2.33. The molecule has 0 aliphatic rings. The van der Waals surface area contributed by atoms with Crippen LogP contribution in [0.5, 0.6) is 0 Å². The number of likely N-dealkylation sites (N-methyl/N-ethyl adjacent to an activating group) is 1. The Labute approximate surface area is 159 Å². The highest BCUT2D eigenvalue weighted by atomic mass is 16.4. The molecule has 0 saturated heterocycles. The van der Waals surface area contributed by atoms with Crippen molar-refractivity contribution in [2.45, 2.75) is 83.2 Å². The van der Waals surface area contributed by atoms with E-state index in [1.165, 1.54) is 51.0 Å². The summed E-state index contributed by atoms with van der Waals surface area (Å²) >= 11 is 0. The number of carboxylic acids is 1. The number of carboxylic acid groups (broad SMARTS) is 1. The molecule has 152 valence electrons. The Morgan fingerprint density at radius 3 is 1.88 bits per heavy atom. The molecule has 0 aromatic heterocycles. The first-order valence-corrected chi connectivity index (χ1v) is 10.1. The van der Waals surface area contributed by atoms with Gasteiger partial charge in [-0.3, -0.25) is 9.59 Å². The van der Waals surface area contributed by atoms with Gasteiger partial charge in [0.1, 0.15) is 6.54 Å². The highest BCUT2D eigenvalue weighted by Gasteiger charge is 2.41. The molecule has 26 heavy (non-hydrogen) atoms. The van der Waals surface area contributed by atoms with Gasteiger partial charge in [0.25, 0.3) is 0 Å². The van der Waals surface area contributed by atoms with Crippen molar-refractivity contribution in [3.63, 3.8) is 0 Å². The number of quaternary nitrogens is 1. The van der Waals surface area contributed by atoms with E-state index in [4.69, 9.17) is 5.11 Å². The molecular weight excluding hydrogens is 330 g/mol. The number of aliphatic hydroxyl groups is 1. The third-order valence-electron chi connectivity index (χ3n) is 4.38. The van der Waals surface area contributed by atoms with Crippen molar-refractivity contribution in [1.82, 2.24) is 0 Å². The zero-order valence-electron chi connectivity index (χ0n) is 17.3. The number of rotatable bonds is 16. The fourth-order valence-electron chi connectivity index (χ4n) is 3.17. The number of hydrogen-bond acceptors (Lipinski definition) is 3. The number of hydrogen-bond donors (Lipinski definition) is 2. The van der Waals surface area contributed by atoms with Crippen LogP contribution in [0.25, 0.3) is 0 Å². The second-order valence-corrected chi connectivity index (χ2v) is 8.43. The standard InChI is InChI=1S/C21H39NO4/c1-5-6-7-8-9-10-11-12-13-14-15-16-19(23)21(26,17-20(24)25)18-22(2,3)4/h15-16,26H,5-14,17-18H2,1-4H3/p+1/b16-15+. The molecule has 2 N–H and O–H groups in total. The molecule has 0 aromatic carbocycles. The van der Waals surface area contributed by atoms with E-state index < -0.39 is 23.8 Å². The summed E-state index contributed by atoms with van der Waals surface area (Å²) < 4.78 is 0.321. The van der Waals surface area contributed by atoms with E-state index >= 15 is 0 Å². The number of carbonyl (C=O) groups is 2. The van der Waals surface area contributed by atoms with Crippen molar-refractivity contribution in [2.75, 3.05) is 27.7 Å². The van der Waals surface area contributed by atoms with Crippen molar-refractivity contribution in [3.8, 4) is 0 Å². The molecule has 5 nitrogen and oxygen atoms in total. The lowest BCUT2D eigenvalue weighted by Crippen LogP contribution is -2.54. The van der Waals surface area contributed by atoms with Crippen LogP contribution in [0.15, 0.2) is 12.2 Å². The second-order valence-electron chi connectivity index (χ2n) is 8.43. The monoisotopic (exact) mass is 370 g/mol. The zero-order valence-corrected chi connectivity index (χ0v) is 17.3. The van der Waals surface area contributed by atoms with Crippen LogP contribution in [0.4, 0.5) is 0 Å². The predicted octanol–water partition coefficient (Wildman–Crippen LogP) is 3.94. The second kappa shape index (κ2) is 13.0. The molecule has 0 fully saturated rings. The highest BCUT2D eigenvalue weighted by Crippen LogP contribution is 2.17. The fraction of sp³-hybridized carbons (Fsp3) is 0.810. The number of unbranched alkanes of at least 4 members (excludes halogenated alkanes) is 9. The van der Waals surface area contributed by atoms with Gasteiger partial charge in [-0.2, -0.15) is 0 Å². The number of carbonyl (C=O) groups excluding carboxylic acids is 1. The summed E-state index contributed by atoms with van der Waals surface area (Å²) in [6, 6.07) is 0. The van der Waals surface area contributed by atoms with Gasteiger partial charge in [-0.1, -0.05) is 64.4 Å². The molecule has 0 radical (unpaired) electrons. The molecule has 1 atom stereocenters. The van der Waals surface area contributed by atoms with Gasteiger partial charge in [0.2, 0.25) is 0 Å². The van der Waals surface area contributed by atoms with Crippen LogP contribution in [0, 0.1) is 0 Å². The molecular formula is C21H40NO4+. The summed E-state index contributed by atoms with van der Waals surface area (Å²) in [6.45, 7) is 2.30. The molecule has 0 heterocycles. The first-order valence-electron chi connectivity index (χ1n) is 10.1. The summed E-state index contributed by atoms with van der Waals surface area (Å²) in [6.07, 6.45) is 14.6. The molecule has 0 bridgehead atoms. The van der Waals surface area contributed by atoms with Crippen LogP contribution in [-0.4, -0.2) is 59.7 Å². The Balaban J connectivity index is 4.15. The Hall–Kier alpha value is -1.20. The Morgan fingerprint density at radius 1 is 0.923 bits per heavy atom. The van der Waals surface area contributed by atoms with Crippen molar-refractivity contribution in [2.24, 2.45) is 0 Å². The molecule has 1 unspecified atom stereocenters. The molecule has 0 aliphatic heterocycles. The molecule has 0 aliphatic carbocycles. The van der Waals surface area contributed by atoms with Crippen LogP contribution < -0.4 is 0 Å². The largest absolute Gasteiger partial charge is 0.481 e. The number of ketones is 1. The van der Waals surface area contributed by atoms with E-state index in [2.05, 4.69) is 6.92 Å². The average Bonchev–Trinajstić information content (AvgIpc) is 2.49. The predicted molar refractivity (Wildman–Crippen MR) is 106 cm³/mol. The summed E-state index contributed by atoms with van der Waals surface area (Å²) in [4.78, 5) is 23.3. The maximum Gasteiger partial charge on any atom is 0.307 e. The average molecular weight is 371 g/mol. The summed E-state index contributed by atoms with van der Waals surface area (Å²) in [5.41, 5.74) is -1.85. The lowest BCUT2D eigenvalue weighted by molar-refractivity contribution is -0.875. The first kappa shape index (κ1) is 24.8. The Bertz CT molecular complexity index is 440.